The number of para-hydroxylation sites is 1. The molecular formula is C18H21N3OS. The number of anilines is 1. The maximum Gasteiger partial charge on any atom is 0.251 e. The number of carbonyl (C=O) groups is 1. The maximum absolute atomic E-state index is 12.7. The second-order valence-electron chi connectivity index (χ2n) is 5.70. The van der Waals surface area contributed by atoms with Crippen molar-refractivity contribution in [2.75, 3.05) is 17.2 Å². The highest BCUT2D eigenvalue weighted by Crippen LogP contribution is 2.33. The molecule has 0 N–H and O–H groups in total. The molecule has 3 rings (SSSR count). The Morgan fingerprint density at radius 2 is 2.09 bits per heavy atom. The Balaban J connectivity index is 1.87. The number of thioether (sulfide) groups is 1. The van der Waals surface area contributed by atoms with Crippen LogP contribution in [0, 0.1) is 13.8 Å². The van der Waals surface area contributed by atoms with Gasteiger partial charge in [-0.05, 0) is 44.2 Å². The van der Waals surface area contributed by atoms with Gasteiger partial charge in [0.1, 0.15) is 0 Å². The summed E-state index contributed by atoms with van der Waals surface area (Å²) in [6, 6.07) is 8.13. The molecular weight excluding hydrogens is 306 g/mol. The van der Waals surface area contributed by atoms with E-state index in [0.29, 0.717) is 0 Å². The first-order valence-electron chi connectivity index (χ1n) is 7.79. The standard InChI is InChI=1S/C18H21N3OS/c1-13-15(14(2)20(3)19-13)9-10-18(22)21-11-6-12-23-17-8-5-4-7-16(17)21/h4-5,7-10H,6,11-12H2,1-3H3/b10-9+. The molecule has 0 unspecified atom stereocenters. The first-order valence-corrected chi connectivity index (χ1v) is 8.78. The zero-order valence-electron chi connectivity index (χ0n) is 13.7. The molecule has 1 aromatic carbocycles. The van der Waals surface area contributed by atoms with Gasteiger partial charge in [0, 0.05) is 35.8 Å². The average molecular weight is 327 g/mol. The average Bonchev–Trinajstić information content (AvgIpc) is 2.71. The molecule has 1 aliphatic heterocycles. The number of hydrogen-bond acceptors (Lipinski definition) is 3. The number of carbonyl (C=O) groups excluding carboxylic acids is 1. The molecule has 4 nitrogen and oxygen atoms in total. The molecule has 0 saturated heterocycles. The highest BCUT2D eigenvalue weighted by atomic mass is 32.2. The Morgan fingerprint density at radius 1 is 1.30 bits per heavy atom. The number of hydrogen-bond donors (Lipinski definition) is 0. The molecule has 0 aliphatic carbocycles. The molecule has 0 atom stereocenters. The molecule has 120 valence electrons. The Morgan fingerprint density at radius 3 is 2.83 bits per heavy atom. The largest absolute Gasteiger partial charge is 0.308 e. The monoisotopic (exact) mass is 327 g/mol. The minimum absolute atomic E-state index is 0.0302. The molecule has 0 saturated carbocycles. The lowest BCUT2D eigenvalue weighted by molar-refractivity contribution is -0.114. The number of aryl methyl sites for hydroxylation is 2. The van der Waals surface area contributed by atoms with Crippen molar-refractivity contribution in [2.24, 2.45) is 7.05 Å². The van der Waals surface area contributed by atoms with Gasteiger partial charge in [0.15, 0.2) is 0 Å². The Bertz CT molecular complexity index is 764. The fourth-order valence-electron chi connectivity index (χ4n) is 2.83. The number of nitrogens with zero attached hydrogens (tertiary/aromatic N) is 3. The van der Waals surface area contributed by atoms with Crippen LogP contribution in [0.5, 0.6) is 0 Å². The van der Waals surface area contributed by atoms with E-state index in [4.69, 9.17) is 0 Å². The number of aromatic nitrogens is 2. The van der Waals surface area contributed by atoms with Crippen molar-refractivity contribution in [2.45, 2.75) is 25.2 Å². The van der Waals surface area contributed by atoms with E-state index >= 15 is 0 Å². The molecule has 0 bridgehead atoms. The predicted molar refractivity (Wildman–Crippen MR) is 95.9 cm³/mol. The van der Waals surface area contributed by atoms with Crippen LogP contribution >= 0.6 is 11.8 Å². The van der Waals surface area contributed by atoms with Crippen molar-refractivity contribution in [1.29, 1.82) is 0 Å². The number of rotatable bonds is 2. The molecule has 2 heterocycles. The van der Waals surface area contributed by atoms with Crippen molar-refractivity contribution in [3.8, 4) is 0 Å². The van der Waals surface area contributed by atoms with Gasteiger partial charge in [-0.25, -0.2) is 0 Å². The summed E-state index contributed by atoms with van der Waals surface area (Å²) in [5.41, 5.74) is 4.06. The van der Waals surface area contributed by atoms with E-state index in [1.165, 1.54) is 4.90 Å². The third-order valence-electron chi connectivity index (χ3n) is 4.16. The summed E-state index contributed by atoms with van der Waals surface area (Å²) in [6.07, 6.45) is 4.56. The minimum atomic E-state index is 0.0302. The third kappa shape index (κ3) is 3.20. The van der Waals surface area contributed by atoms with Crippen LogP contribution in [0.1, 0.15) is 23.4 Å². The molecule has 2 aromatic rings. The van der Waals surface area contributed by atoms with Gasteiger partial charge in [0.05, 0.1) is 11.4 Å². The second kappa shape index (κ2) is 6.62. The summed E-state index contributed by atoms with van der Waals surface area (Å²) in [4.78, 5) is 15.8. The highest BCUT2D eigenvalue weighted by Gasteiger charge is 2.19. The van der Waals surface area contributed by atoms with Crippen molar-refractivity contribution in [3.05, 3.63) is 47.3 Å². The summed E-state index contributed by atoms with van der Waals surface area (Å²) in [5, 5.41) is 4.39. The van der Waals surface area contributed by atoms with Crippen molar-refractivity contribution >= 4 is 29.4 Å². The van der Waals surface area contributed by atoms with Crippen molar-refractivity contribution in [3.63, 3.8) is 0 Å². The van der Waals surface area contributed by atoms with Gasteiger partial charge in [-0.3, -0.25) is 9.48 Å². The maximum atomic E-state index is 12.7. The lowest BCUT2D eigenvalue weighted by atomic mass is 10.1. The van der Waals surface area contributed by atoms with Gasteiger partial charge in [-0.15, -0.1) is 11.8 Å². The van der Waals surface area contributed by atoms with Crippen LogP contribution in [0.25, 0.3) is 6.08 Å². The summed E-state index contributed by atoms with van der Waals surface area (Å²) in [6.45, 7) is 4.75. The number of benzene rings is 1. The van der Waals surface area contributed by atoms with E-state index in [0.717, 1.165) is 41.4 Å². The SMILES string of the molecule is Cc1nn(C)c(C)c1/C=C/C(=O)N1CCCSc2ccccc21. The smallest absolute Gasteiger partial charge is 0.251 e. The normalized spacial score (nSPS) is 14.8. The lowest BCUT2D eigenvalue weighted by Crippen LogP contribution is -2.30. The highest BCUT2D eigenvalue weighted by molar-refractivity contribution is 7.99. The fraction of sp³-hybridized carbons (Fsp3) is 0.333. The van der Waals surface area contributed by atoms with Gasteiger partial charge in [-0.2, -0.15) is 5.10 Å². The summed E-state index contributed by atoms with van der Waals surface area (Å²) >= 11 is 1.82. The van der Waals surface area contributed by atoms with E-state index in [1.54, 1.807) is 6.08 Å². The predicted octanol–water partition coefficient (Wildman–Crippen LogP) is 3.58. The molecule has 1 amide bonds. The number of amides is 1. The van der Waals surface area contributed by atoms with Crippen LogP contribution < -0.4 is 4.90 Å². The topological polar surface area (TPSA) is 38.1 Å². The molecule has 1 aliphatic rings. The molecule has 0 radical (unpaired) electrons. The lowest BCUT2D eigenvalue weighted by Gasteiger charge is -2.20. The van der Waals surface area contributed by atoms with Gasteiger partial charge >= 0.3 is 0 Å². The van der Waals surface area contributed by atoms with Crippen LogP contribution in [0.15, 0.2) is 35.2 Å². The first kappa shape index (κ1) is 15.9. The van der Waals surface area contributed by atoms with Crippen molar-refractivity contribution in [1.82, 2.24) is 9.78 Å². The van der Waals surface area contributed by atoms with Gasteiger partial charge in [0.2, 0.25) is 0 Å². The second-order valence-corrected chi connectivity index (χ2v) is 6.84. The zero-order chi connectivity index (χ0) is 16.4. The molecule has 0 fully saturated rings. The van der Waals surface area contributed by atoms with Gasteiger partial charge < -0.3 is 4.90 Å². The van der Waals surface area contributed by atoms with E-state index in [9.17, 15) is 4.79 Å². The molecule has 1 aromatic heterocycles. The van der Waals surface area contributed by atoms with Crippen LogP contribution in [0.2, 0.25) is 0 Å². The van der Waals surface area contributed by atoms with E-state index in [1.807, 2.05) is 66.5 Å². The summed E-state index contributed by atoms with van der Waals surface area (Å²) in [7, 11) is 1.92. The Kier molecular flexibility index (Phi) is 4.57. The minimum Gasteiger partial charge on any atom is -0.308 e. The molecule has 23 heavy (non-hydrogen) atoms. The first-order chi connectivity index (χ1) is 11.1. The van der Waals surface area contributed by atoms with E-state index < -0.39 is 0 Å². The van der Waals surface area contributed by atoms with Crippen LogP contribution in [-0.2, 0) is 11.8 Å². The third-order valence-corrected chi connectivity index (χ3v) is 5.31. The summed E-state index contributed by atoms with van der Waals surface area (Å²) in [5.74, 6) is 1.08. The van der Waals surface area contributed by atoms with Crippen LogP contribution in [-0.4, -0.2) is 28.0 Å². The van der Waals surface area contributed by atoms with Gasteiger partial charge in [-0.1, -0.05) is 12.1 Å². The van der Waals surface area contributed by atoms with Crippen LogP contribution in [0.3, 0.4) is 0 Å². The van der Waals surface area contributed by atoms with Gasteiger partial charge in [0.25, 0.3) is 5.91 Å². The van der Waals surface area contributed by atoms with Crippen molar-refractivity contribution < 1.29 is 4.79 Å². The van der Waals surface area contributed by atoms with E-state index in [-0.39, 0.29) is 5.91 Å². The van der Waals surface area contributed by atoms with E-state index in [2.05, 4.69) is 11.2 Å². The quantitative estimate of drug-likeness (QED) is 0.791. The zero-order valence-corrected chi connectivity index (χ0v) is 14.6. The Labute approximate surface area is 141 Å². The number of fused-ring (bicyclic) bond motifs is 1. The van der Waals surface area contributed by atoms with Crippen LogP contribution in [0.4, 0.5) is 5.69 Å². The fourth-order valence-corrected chi connectivity index (χ4v) is 3.83. The molecule has 0 spiro atoms. The Hall–Kier alpha value is -2.01. The summed E-state index contributed by atoms with van der Waals surface area (Å²) < 4.78 is 1.84. The molecule has 5 heteroatoms.